The molecule has 1 aliphatic heterocycles. The fourth-order valence-electron chi connectivity index (χ4n) is 5.06. The normalized spacial score (nSPS) is 17.9. The molecule has 0 saturated carbocycles. The van der Waals surface area contributed by atoms with Crippen LogP contribution in [0.4, 0.5) is 4.79 Å². The third-order valence-corrected chi connectivity index (χ3v) is 8.28. The quantitative estimate of drug-likeness (QED) is 0.185. The first-order chi connectivity index (χ1) is 21.0. The molecule has 2 aromatic carbocycles. The number of nitrogens with zero attached hydrogens (tertiary/aromatic N) is 1. The molecule has 5 atom stereocenters. The molecule has 0 aliphatic carbocycles. The van der Waals surface area contributed by atoms with Crippen LogP contribution in [0.5, 0.6) is 0 Å². The second-order valence-corrected chi connectivity index (χ2v) is 12.4. The molecule has 0 spiro atoms. The van der Waals surface area contributed by atoms with Gasteiger partial charge >= 0.3 is 6.09 Å². The molecule has 5 N–H and O–H groups in total. The van der Waals surface area contributed by atoms with Gasteiger partial charge in [-0.3, -0.25) is 14.5 Å². The summed E-state index contributed by atoms with van der Waals surface area (Å²) < 4.78 is 5.41. The van der Waals surface area contributed by atoms with Gasteiger partial charge in [0.25, 0.3) is 11.8 Å². The number of ether oxygens (including phenoxy) is 1. The Kier molecular flexibility index (Phi) is 14.2. The monoisotopic (exact) mass is 650 g/mol. The van der Waals surface area contributed by atoms with Crippen molar-refractivity contribution in [3.8, 4) is 0 Å². The zero-order valence-electron chi connectivity index (χ0n) is 25.5. The van der Waals surface area contributed by atoms with Crippen molar-refractivity contribution in [1.82, 2.24) is 20.9 Å². The molecule has 1 saturated heterocycles. The Morgan fingerprint density at radius 3 is 2.41 bits per heavy atom. The van der Waals surface area contributed by atoms with Crippen molar-refractivity contribution in [2.45, 2.75) is 83.4 Å². The number of aliphatic hydroxyl groups excluding tert-OH is 2. The Morgan fingerprint density at radius 2 is 1.75 bits per heavy atom. The summed E-state index contributed by atoms with van der Waals surface area (Å²) in [5.74, 6) is -1.82. The number of unbranched alkanes of at least 4 members (excludes halogenated alkanes) is 1. The van der Waals surface area contributed by atoms with E-state index in [1.165, 1.54) is 0 Å². The minimum absolute atomic E-state index is 0.00985. The summed E-state index contributed by atoms with van der Waals surface area (Å²) in [5, 5.41) is 30.9. The largest absolute Gasteiger partial charge is 0.436 e. The van der Waals surface area contributed by atoms with Crippen LogP contribution in [0.15, 0.2) is 48.5 Å². The maximum absolute atomic E-state index is 13.4. The van der Waals surface area contributed by atoms with E-state index in [4.69, 9.17) is 27.9 Å². The Labute approximate surface area is 269 Å². The fourth-order valence-corrected chi connectivity index (χ4v) is 5.38. The molecule has 12 heteroatoms. The van der Waals surface area contributed by atoms with Crippen LogP contribution in [-0.2, 0) is 27.3 Å². The van der Waals surface area contributed by atoms with Crippen molar-refractivity contribution in [2.75, 3.05) is 19.6 Å². The van der Waals surface area contributed by atoms with Gasteiger partial charge in [0.2, 0.25) is 0 Å². The van der Waals surface area contributed by atoms with Crippen molar-refractivity contribution in [1.29, 1.82) is 0 Å². The van der Waals surface area contributed by atoms with E-state index in [1.54, 1.807) is 32.0 Å². The van der Waals surface area contributed by atoms with Gasteiger partial charge in [-0.25, -0.2) is 4.79 Å². The number of carbonyl (C=O) groups is 3. The van der Waals surface area contributed by atoms with E-state index in [0.29, 0.717) is 30.1 Å². The highest BCUT2D eigenvalue weighted by atomic mass is 35.5. The molecule has 0 bridgehead atoms. The Bertz CT molecular complexity index is 1230. The van der Waals surface area contributed by atoms with E-state index in [0.717, 1.165) is 31.5 Å². The minimum atomic E-state index is -1.85. The number of nitrogens with one attached hydrogen (secondary N) is 3. The predicted molar refractivity (Wildman–Crippen MR) is 170 cm³/mol. The van der Waals surface area contributed by atoms with Gasteiger partial charge in [-0.2, -0.15) is 0 Å². The van der Waals surface area contributed by atoms with Gasteiger partial charge in [0.1, 0.15) is 6.10 Å². The molecule has 3 amide bonds. The van der Waals surface area contributed by atoms with Crippen LogP contribution in [0.25, 0.3) is 0 Å². The summed E-state index contributed by atoms with van der Waals surface area (Å²) in [4.78, 5) is 41.0. The predicted octanol–water partition coefficient (Wildman–Crippen LogP) is 3.68. The van der Waals surface area contributed by atoms with Crippen molar-refractivity contribution in [2.24, 2.45) is 5.92 Å². The van der Waals surface area contributed by atoms with E-state index < -0.39 is 48.2 Å². The lowest BCUT2D eigenvalue weighted by Gasteiger charge is -2.30. The number of hydrogen-bond acceptors (Lipinski definition) is 7. The molecular formula is C32H44Cl2N4O6. The van der Waals surface area contributed by atoms with Crippen molar-refractivity contribution >= 4 is 41.1 Å². The lowest BCUT2D eigenvalue weighted by molar-refractivity contribution is -0.140. The summed E-state index contributed by atoms with van der Waals surface area (Å²) in [7, 11) is 0. The molecule has 3 rings (SSSR count). The molecule has 0 aromatic heterocycles. The van der Waals surface area contributed by atoms with Crippen molar-refractivity contribution < 1.29 is 29.3 Å². The van der Waals surface area contributed by atoms with Gasteiger partial charge in [0.15, 0.2) is 12.2 Å². The smallest absolute Gasteiger partial charge is 0.407 e. The number of alkyl carbamates (subject to hydrolysis) is 1. The summed E-state index contributed by atoms with van der Waals surface area (Å²) in [6, 6.07) is 13.5. The van der Waals surface area contributed by atoms with Crippen LogP contribution in [0.1, 0.15) is 51.2 Å². The first kappa shape index (κ1) is 35.6. The molecule has 44 heavy (non-hydrogen) atoms. The maximum Gasteiger partial charge on any atom is 0.407 e. The SMILES string of the molecule is CCCCNC(=O)OC(C(=O)NC(Cc1ccc(Cl)c(Cl)c1)C(O)C(O)C(=O)NC1CCN(Cc2ccccc2)C1)C(C)C. The molecule has 10 nitrogen and oxygen atoms in total. The van der Waals surface area contributed by atoms with Crippen LogP contribution in [-0.4, -0.2) is 83.1 Å². The van der Waals surface area contributed by atoms with E-state index >= 15 is 0 Å². The molecular weight excluding hydrogens is 607 g/mol. The number of halogens is 2. The average Bonchev–Trinajstić information content (AvgIpc) is 3.43. The van der Waals surface area contributed by atoms with Crippen molar-refractivity contribution in [3.05, 3.63) is 69.7 Å². The Morgan fingerprint density at radius 1 is 1.02 bits per heavy atom. The van der Waals surface area contributed by atoms with Gasteiger partial charge in [-0.1, -0.05) is 86.8 Å². The standard InChI is InChI=1S/C32H44Cl2N4O6/c1-4-5-14-35-32(43)44-29(20(2)3)31(42)37-26(17-22-11-12-24(33)25(34)16-22)27(39)28(40)30(41)36-23-13-15-38(19-23)18-21-9-7-6-8-10-21/h6-12,16,20,23,26-29,39-40H,4-5,13-15,17-19H2,1-3H3,(H,35,43)(H,36,41)(H,37,42). The number of benzene rings is 2. The van der Waals surface area contributed by atoms with Crippen LogP contribution >= 0.6 is 23.2 Å². The molecule has 1 aliphatic rings. The minimum Gasteiger partial charge on any atom is -0.436 e. The first-order valence-electron chi connectivity index (χ1n) is 15.1. The van der Waals surface area contributed by atoms with Crippen LogP contribution in [0, 0.1) is 5.92 Å². The van der Waals surface area contributed by atoms with Gasteiger partial charge in [0, 0.05) is 32.2 Å². The van der Waals surface area contributed by atoms with E-state index in [1.807, 2.05) is 37.3 Å². The molecule has 5 unspecified atom stereocenters. The van der Waals surface area contributed by atoms with Gasteiger partial charge in [0.05, 0.1) is 16.1 Å². The topological polar surface area (TPSA) is 140 Å². The fraction of sp³-hybridized carbons (Fsp3) is 0.531. The summed E-state index contributed by atoms with van der Waals surface area (Å²) in [6.45, 7) is 7.95. The Balaban J connectivity index is 1.69. The van der Waals surface area contributed by atoms with Crippen LogP contribution in [0.2, 0.25) is 10.0 Å². The maximum atomic E-state index is 13.4. The second kappa shape index (κ2) is 17.6. The van der Waals surface area contributed by atoms with Crippen molar-refractivity contribution in [3.63, 3.8) is 0 Å². The number of amides is 3. The zero-order valence-corrected chi connectivity index (χ0v) is 27.0. The molecule has 242 valence electrons. The van der Waals surface area contributed by atoms with Gasteiger partial charge < -0.3 is 30.9 Å². The van der Waals surface area contributed by atoms with Gasteiger partial charge in [-0.05, 0) is 48.4 Å². The zero-order chi connectivity index (χ0) is 32.2. The highest BCUT2D eigenvalue weighted by Gasteiger charge is 2.37. The molecule has 0 radical (unpaired) electrons. The lowest BCUT2D eigenvalue weighted by atomic mass is 9.96. The lowest BCUT2D eigenvalue weighted by Crippen LogP contribution is -2.57. The highest BCUT2D eigenvalue weighted by Crippen LogP contribution is 2.24. The molecule has 1 fully saturated rings. The summed E-state index contributed by atoms with van der Waals surface area (Å²) >= 11 is 12.3. The third-order valence-electron chi connectivity index (χ3n) is 7.54. The number of aliphatic hydroxyl groups is 2. The number of rotatable bonds is 15. The van der Waals surface area contributed by atoms with Gasteiger partial charge in [-0.15, -0.1) is 0 Å². The van der Waals surface area contributed by atoms with Crippen LogP contribution < -0.4 is 16.0 Å². The molecule has 1 heterocycles. The number of hydrogen-bond donors (Lipinski definition) is 5. The summed E-state index contributed by atoms with van der Waals surface area (Å²) in [6.07, 6.45) is -3.10. The first-order valence-corrected chi connectivity index (χ1v) is 15.9. The highest BCUT2D eigenvalue weighted by molar-refractivity contribution is 6.42. The Hall–Kier alpha value is -2.89. The average molecular weight is 652 g/mol. The second-order valence-electron chi connectivity index (χ2n) is 11.6. The van der Waals surface area contributed by atoms with Crippen LogP contribution in [0.3, 0.4) is 0 Å². The van der Waals surface area contributed by atoms with E-state index in [2.05, 4.69) is 20.9 Å². The summed E-state index contributed by atoms with van der Waals surface area (Å²) in [5.41, 5.74) is 1.76. The third kappa shape index (κ3) is 10.9. The van der Waals surface area contributed by atoms with E-state index in [-0.39, 0.29) is 17.5 Å². The molecule has 2 aromatic rings. The number of carbonyl (C=O) groups excluding carboxylic acids is 3. The van der Waals surface area contributed by atoms with E-state index in [9.17, 15) is 24.6 Å². The number of likely N-dealkylation sites (tertiary alicyclic amines) is 1.